The molecule has 0 spiro atoms. The first kappa shape index (κ1) is 17.1. The van der Waals surface area contributed by atoms with E-state index in [2.05, 4.69) is 31.5 Å². The average molecular weight is 376 g/mol. The minimum absolute atomic E-state index is 0.200. The Kier molecular flexibility index (Phi) is 5.87. The van der Waals surface area contributed by atoms with Crippen molar-refractivity contribution >= 4 is 33.4 Å². The molecule has 1 aromatic carbocycles. The molecule has 0 fully saturated rings. The molecule has 0 saturated heterocycles. The number of halogens is 1. The van der Waals surface area contributed by atoms with E-state index in [1.807, 2.05) is 32.0 Å². The van der Waals surface area contributed by atoms with Crippen molar-refractivity contribution in [3.63, 3.8) is 0 Å². The molecule has 0 aliphatic heterocycles. The van der Waals surface area contributed by atoms with Crippen LogP contribution in [0.15, 0.2) is 41.0 Å². The number of carbonyl (C=O) groups is 2. The van der Waals surface area contributed by atoms with Crippen LogP contribution in [0.3, 0.4) is 0 Å². The van der Waals surface area contributed by atoms with Crippen LogP contribution in [0.5, 0.6) is 0 Å². The number of aryl methyl sites for hydroxylation is 1. The number of hydrogen-bond acceptors (Lipinski definition) is 3. The quantitative estimate of drug-likeness (QED) is 0.839. The SMILES string of the molecule is CCCNC(=O)c1ccnc(C(=O)Nc2ccc(C)c(Br)c2)c1. The van der Waals surface area contributed by atoms with Crippen LogP contribution < -0.4 is 10.6 Å². The summed E-state index contributed by atoms with van der Waals surface area (Å²) in [6.07, 6.45) is 2.31. The molecule has 6 heteroatoms. The zero-order valence-electron chi connectivity index (χ0n) is 13.0. The van der Waals surface area contributed by atoms with Crippen molar-refractivity contribution in [3.8, 4) is 0 Å². The standard InChI is InChI=1S/C17H18BrN3O2/c1-3-7-20-16(22)12-6-8-19-15(9-12)17(23)21-13-5-4-11(2)14(18)10-13/h4-6,8-10H,3,7H2,1-2H3,(H,20,22)(H,21,23). The maximum Gasteiger partial charge on any atom is 0.274 e. The van der Waals surface area contributed by atoms with Crippen molar-refractivity contribution in [3.05, 3.63) is 57.8 Å². The number of aromatic nitrogens is 1. The van der Waals surface area contributed by atoms with Gasteiger partial charge in [-0.05, 0) is 43.2 Å². The molecule has 2 aromatic rings. The topological polar surface area (TPSA) is 71.1 Å². The summed E-state index contributed by atoms with van der Waals surface area (Å²) in [6.45, 7) is 4.54. The second-order valence-corrected chi connectivity index (χ2v) is 5.96. The highest BCUT2D eigenvalue weighted by atomic mass is 79.9. The Morgan fingerprint density at radius 1 is 1.17 bits per heavy atom. The Morgan fingerprint density at radius 2 is 1.96 bits per heavy atom. The van der Waals surface area contributed by atoms with E-state index in [-0.39, 0.29) is 17.5 Å². The lowest BCUT2D eigenvalue weighted by molar-refractivity contribution is 0.0953. The fourth-order valence-electron chi connectivity index (χ4n) is 1.90. The number of rotatable bonds is 5. The highest BCUT2D eigenvalue weighted by Gasteiger charge is 2.12. The van der Waals surface area contributed by atoms with Crippen LogP contribution >= 0.6 is 15.9 Å². The molecule has 0 aliphatic carbocycles. The van der Waals surface area contributed by atoms with Crippen molar-refractivity contribution in [2.24, 2.45) is 0 Å². The summed E-state index contributed by atoms with van der Waals surface area (Å²) < 4.78 is 0.913. The molecule has 2 amide bonds. The van der Waals surface area contributed by atoms with Gasteiger partial charge in [-0.1, -0.05) is 28.9 Å². The number of pyridine rings is 1. The number of hydrogen-bond donors (Lipinski definition) is 2. The van der Waals surface area contributed by atoms with Crippen molar-refractivity contribution in [1.82, 2.24) is 10.3 Å². The Morgan fingerprint density at radius 3 is 2.65 bits per heavy atom. The van der Waals surface area contributed by atoms with E-state index in [1.165, 1.54) is 12.3 Å². The van der Waals surface area contributed by atoms with Gasteiger partial charge in [0.1, 0.15) is 5.69 Å². The van der Waals surface area contributed by atoms with Gasteiger partial charge in [0.15, 0.2) is 0 Å². The predicted octanol–water partition coefficient (Wildman–Crippen LogP) is 3.54. The maximum atomic E-state index is 12.3. The summed E-state index contributed by atoms with van der Waals surface area (Å²) in [5.41, 5.74) is 2.36. The Balaban J connectivity index is 2.13. The molecule has 0 saturated carbocycles. The van der Waals surface area contributed by atoms with E-state index in [0.717, 1.165) is 16.5 Å². The van der Waals surface area contributed by atoms with Gasteiger partial charge < -0.3 is 10.6 Å². The molecule has 0 aliphatic rings. The van der Waals surface area contributed by atoms with Crippen LogP contribution in [0, 0.1) is 6.92 Å². The number of anilines is 1. The molecule has 120 valence electrons. The van der Waals surface area contributed by atoms with Gasteiger partial charge in [0.2, 0.25) is 0 Å². The number of nitrogens with zero attached hydrogens (tertiary/aromatic N) is 1. The summed E-state index contributed by atoms with van der Waals surface area (Å²) >= 11 is 3.43. The van der Waals surface area contributed by atoms with E-state index in [9.17, 15) is 9.59 Å². The zero-order valence-corrected chi connectivity index (χ0v) is 14.6. The summed E-state index contributed by atoms with van der Waals surface area (Å²) in [5, 5.41) is 5.55. The number of nitrogens with one attached hydrogen (secondary N) is 2. The maximum absolute atomic E-state index is 12.3. The summed E-state index contributed by atoms with van der Waals surface area (Å²) in [4.78, 5) is 28.3. The minimum atomic E-state index is -0.356. The van der Waals surface area contributed by atoms with Gasteiger partial charge in [0.05, 0.1) is 0 Å². The lowest BCUT2D eigenvalue weighted by atomic mass is 10.2. The van der Waals surface area contributed by atoms with Crippen molar-refractivity contribution in [2.75, 3.05) is 11.9 Å². The molecule has 1 aromatic heterocycles. The molecule has 23 heavy (non-hydrogen) atoms. The largest absolute Gasteiger partial charge is 0.352 e. The van der Waals surface area contributed by atoms with Crippen molar-refractivity contribution < 1.29 is 9.59 Å². The lowest BCUT2D eigenvalue weighted by Gasteiger charge is -2.08. The summed E-state index contributed by atoms with van der Waals surface area (Å²) in [5.74, 6) is -0.563. The molecule has 0 bridgehead atoms. The van der Waals surface area contributed by atoms with Gasteiger partial charge in [-0.3, -0.25) is 14.6 Å². The van der Waals surface area contributed by atoms with Gasteiger partial charge in [0, 0.05) is 28.5 Å². The highest BCUT2D eigenvalue weighted by molar-refractivity contribution is 9.10. The van der Waals surface area contributed by atoms with Crippen LogP contribution in [0.1, 0.15) is 39.8 Å². The van der Waals surface area contributed by atoms with E-state index in [1.54, 1.807) is 6.07 Å². The molecule has 2 N–H and O–H groups in total. The van der Waals surface area contributed by atoms with Crippen LogP contribution in [-0.2, 0) is 0 Å². The zero-order chi connectivity index (χ0) is 16.8. The number of carbonyl (C=O) groups excluding carboxylic acids is 2. The van der Waals surface area contributed by atoms with E-state index < -0.39 is 0 Å². The second-order valence-electron chi connectivity index (χ2n) is 5.10. The predicted molar refractivity (Wildman–Crippen MR) is 93.7 cm³/mol. The third-order valence-electron chi connectivity index (χ3n) is 3.22. The highest BCUT2D eigenvalue weighted by Crippen LogP contribution is 2.21. The fourth-order valence-corrected chi connectivity index (χ4v) is 2.28. The summed E-state index contributed by atoms with van der Waals surface area (Å²) in [6, 6.07) is 8.62. The smallest absolute Gasteiger partial charge is 0.274 e. The lowest BCUT2D eigenvalue weighted by Crippen LogP contribution is -2.24. The average Bonchev–Trinajstić information content (AvgIpc) is 2.56. The molecule has 0 atom stereocenters. The molecular weight excluding hydrogens is 358 g/mol. The second kappa shape index (κ2) is 7.87. The van der Waals surface area contributed by atoms with E-state index in [4.69, 9.17) is 0 Å². The van der Waals surface area contributed by atoms with Crippen LogP contribution in [-0.4, -0.2) is 23.3 Å². The van der Waals surface area contributed by atoms with Crippen LogP contribution in [0.2, 0.25) is 0 Å². The van der Waals surface area contributed by atoms with Gasteiger partial charge in [-0.15, -0.1) is 0 Å². The Hall–Kier alpha value is -2.21. The third-order valence-corrected chi connectivity index (χ3v) is 4.07. The van der Waals surface area contributed by atoms with Gasteiger partial charge in [0.25, 0.3) is 11.8 Å². The third kappa shape index (κ3) is 4.63. The number of amides is 2. The summed E-state index contributed by atoms with van der Waals surface area (Å²) in [7, 11) is 0. The Labute approximate surface area is 143 Å². The molecular formula is C17H18BrN3O2. The van der Waals surface area contributed by atoms with E-state index >= 15 is 0 Å². The molecule has 0 radical (unpaired) electrons. The van der Waals surface area contributed by atoms with Gasteiger partial charge >= 0.3 is 0 Å². The first-order chi connectivity index (χ1) is 11.0. The van der Waals surface area contributed by atoms with Crippen LogP contribution in [0.25, 0.3) is 0 Å². The normalized spacial score (nSPS) is 10.2. The molecule has 1 heterocycles. The van der Waals surface area contributed by atoms with Crippen LogP contribution in [0.4, 0.5) is 5.69 Å². The first-order valence-corrected chi connectivity index (χ1v) is 8.12. The van der Waals surface area contributed by atoms with E-state index in [0.29, 0.717) is 17.8 Å². The van der Waals surface area contributed by atoms with Gasteiger partial charge in [-0.2, -0.15) is 0 Å². The van der Waals surface area contributed by atoms with Crippen molar-refractivity contribution in [2.45, 2.75) is 20.3 Å². The van der Waals surface area contributed by atoms with Gasteiger partial charge in [-0.25, -0.2) is 0 Å². The first-order valence-electron chi connectivity index (χ1n) is 7.33. The molecule has 2 rings (SSSR count). The minimum Gasteiger partial charge on any atom is -0.352 e. The monoisotopic (exact) mass is 375 g/mol. The van der Waals surface area contributed by atoms with Crippen molar-refractivity contribution in [1.29, 1.82) is 0 Å². The molecule has 5 nitrogen and oxygen atoms in total. The molecule has 0 unspecified atom stereocenters. The fraction of sp³-hybridized carbons (Fsp3) is 0.235. The Bertz CT molecular complexity index is 732. The number of benzene rings is 1.